The van der Waals surface area contributed by atoms with Gasteiger partial charge in [-0.1, -0.05) is 18.2 Å². The summed E-state index contributed by atoms with van der Waals surface area (Å²) in [5.74, 6) is 1.94. The number of nitrogens with two attached hydrogens (primary N) is 1. The third kappa shape index (κ3) is 7.46. The molecule has 0 amide bonds. The second-order valence-electron chi connectivity index (χ2n) is 6.44. The number of methoxy groups -OCH3 is 2. The molecule has 0 bridgehead atoms. The van der Waals surface area contributed by atoms with Crippen molar-refractivity contribution in [1.82, 2.24) is 5.32 Å². The van der Waals surface area contributed by atoms with Crippen molar-refractivity contribution in [3.05, 3.63) is 53.6 Å². The molecule has 0 saturated carbocycles. The van der Waals surface area contributed by atoms with Crippen molar-refractivity contribution in [2.24, 2.45) is 10.7 Å². The molecule has 0 radical (unpaired) electrons. The van der Waals surface area contributed by atoms with Crippen molar-refractivity contribution < 1.29 is 9.47 Å². The molecule has 0 spiro atoms. The van der Waals surface area contributed by atoms with Crippen LogP contribution in [0.15, 0.2) is 47.5 Å². The van der Waals surface area contributed by atoms with Gasteiger partial charge in [-0.05, 0) is 48.2 Å². The molecule has 7 heteroatoms. The predicted molar refractivity (Wildman–Crippen MR) is 128 cm³/mol. The molecule has 0 fully saturated rings. The van der Waals surface area contributed by atoms with Crippen LogP contribution in [0.25, 0.3) is 0 Å². The maximum atomic E-state index is 5.96. The average Bonchev–Trinajstić information content (AvgIpc) is 2.68. The summed E-state index contributed by atoms with van der Waals surface area (Å²) in [6.45, 7) is 1.37. The molecule has 0 aliphatic carbocycles. The number of guanidine groups is 1. The number of rotatable bonds is 9. The molecule has 154 valence electrons. The smallest absolute Gasteiger partial charge is 0.188 e. The highest BCUT2D eigenvalue weighted by molar-refractivity contribution is 14.0. The average molecular weight is 498 g/mol. The zero-order valence-corrected chi connectivity index (χ0v) is 19.4. The van der Waals surface area contributed by atoms with Crippen molar-refractivity contribution in [2.45, 2.75) is 12.8 Å². The van der Waals surface area contributed by atoms with Crippen LogP contribution in [0.3, 0.4) is 0 Å². The molecule has 0 heterocycles. The van der Waals surface area contributed by atoms with Gasteiger partial charge in [0.15, 0.2) is 17.5 Å². The molecule has 6 nitrogen and oxygen atoms in total. The van der Waals surface area contributed by atoms with Gasteiger partial charge in [0.05, 0.1) is 14.2 Å². The SMILES string of the molecule is COc1ccc(CCNC(N)=NCCc2ccc(N(C)C)cc2)cc1OC.I. The van der Waals surface area contributed by atoms with Gasteiger partial charge >= 0.3 is 0 Å². The Hall–Kier alpha value is -2.16. The Labute approximate surface area is 185 Å². The Morgan fingerprint density at radius 3 is 2.21 bits per heavy atom. The van der Waals surface area contributed by atoms with Gasteiger partial charge in [0, 0.05) is 32.9 Å². The second kappa shape index (κ2) is 12.3. The highest BCUT2D eigenvalue weighted by Crippen LogP contribution is 2.27. The minimum atomic E-state index is 0. The van der Waals surface area contributed by atoms with E-state index in [1.165, 1.54) is 11.3 Å². The molecule has 0 aromatic heterocycles. The van der Waals surface area contributed by atoms with Gasteiger partial charge in [0.2, 0.25) is 0 Å². The molecular weight excluding hydrogens is 467 g/mol. The highest BCUT2D eigenvalue weighted by atomic mass is 127. The topological polar surface area (TPSA) is 72.1 Å². The van der Waals surface area contributed by atoms with E-state index in [-0.39, 0.29) is 24.0 Å². The van der Waals surface area contributed by atoms with E-state index in [4.69, 9.17) is 15.2 Å². The number of ether oxygens (including phenoxy) is 2. The van der Waals surface area contributed by atoms with Gasteiger partial charge in [0.1, 0.15) is 0 Å². The summed E-state index contributed by atoms with van der Waals surface area (Å²) in [5.41, 5.74) is 9.55. The fourth-order valence-electron chi connectivity index (χ4n) is 2.69. The van der Waals surface area contributed by atoms with Crippen LogP contribution < -0.4 is 25.4 Å². The van der Waals surface area contributed by atoms with Crippen LogP contribution in [0.1, 0.15) is 11.1 Å². The molecular formula is C21H31IN4O2. The number of nitrogens with one attached hydrogen (secondary N) is 1. The molecule has 3 N–H and O–H groups in total. The fraction of sp³-hybridized carbons (Fsp3) is 0.381. The van der Waals surface area contributed by atoms with Crippen molar-refractivity contribution in [3.8, 4) is 11.5 Å². The van der Waals surface area contributed by atoms with E-state index in [0.717, 1.165) is 29.9 Å². The van der Waals surface area contributed by atoms with E-state index in [2.05, 4.69) is 39.5 Å². The molecule has 0 aliphatic rings. The highest BCUT2D eigenvalue weighted by Gasteiger charge is 2.04. The Morgan fingerprint density at radius 1 is 0.964 bits per heavy atom. The number of aliphatic imine (C=N–C) groups is 1. The Bertz CT molecular complexity index is 749. The zero-order chi connectivity index (χ0) is 19.6. The van der Waals surface area contributed by atoms with Crippen molar-refractivity contribution in [1.29, 1.82) is 0 Å². The molecule has 2 aromatic rings. The van der Waals surface area contributed by atoms with Gasteiger partial charge < -0.3 is 25.4 Å². The number of hydrogen-bond donors (Lipinski definition) is 2. The monoisotopic (exact) mass is 498 g/mol. The molecule has 0 unspecified atom stereocenters. The third-order valence-electron chi connectivity index (χ3n) is 4.30. The third-order valence-corrected chi connectivity index (χ3v) is 4.30. The molecule has 2 rings (SSSR count). The van der Waals surface area contributed by atoms with Crippen LogP contribution in [0.5, 0.6) is 11.5 Å². The van der Waals surface area contributed by atoms with Crippen LogP contribution in [-0.2, 0) is 12.8 Å². The second-order valence-corrected chi connectivity index (χ2v) is 6.44. The molecule has 0 atom stereocenters. The van der Waals surface area contributed by atoms with Crippen molar-refractivity contribution >= 4 is 35.6 Å². The Kier molecular flexibility index (Phi) is 10.5. The van der Waals surface area contributed by atoms with Gasteiger partial charge in [-0.15, -0.1) is 24.0 Å². The number of hydrogen-bond acceptors (Lipinski definition) is 4. The summed E-state index contributed by atoms with van der Waals surface area (Å²) in [6.07, 6.45) is 1.69. The van der Waals surface area contributed by atoms with E-state index in [0.29, 0.717) is 19.0 Å². The molecule has 2 aromatic carbocycles. The summed E-state index contributed by atoms with van der Waals surface area (Å²) < 4.78 is 10.6. The molecule has 0 aliphatic heterocycles. The maximum absolute atomic E-state index is 5.96. The lowest BCUT2D eigenvalue weighted by molar-refractivity contribution is 0.354. The van der Waals surface area contributed by atoms with Crippen molar-refractivity contribution in [2.75, 3.05) is 46.3 Å². The molecule has 28 heavy (non-hydrogen) atoms. The number of benzene rings is 2. The van der Waals surface area contributed by atoms with E-state index in [1.54, 1.807) is 14.2 Å². The summed E-state index contributed by atoms with van der Waals surface area (Å²) >= 11 is 0. The van der Waals surface area contributed by atoms with Crippen LogP contribution >= 0.6 is 24.0 Å². The van der Waals surface area contributed by atoms with Crippen LogP contribution in [0.4, 0.5) is 5.69 Å². The predicted octanol–water partition coefficient (Wildman–Crippen LogP) is 3.08. The summed E-state index contributed by atoms with van der Waals surface area (Å²) in [6, 6.07) is 14.4. The fourth-order valence-corrected chi connectivity index (χ4v) is 2.69. The van der Waals surface area contributed by atoms with Crippen LogP contribution in [-0.4, -0.2) is 47.4 Å². The largest absolute Gasteiger partial charge is 0.493 e. The lowest BCUT2D eigenvalue weighted by Crippen LogP contribution is -2.33. The summed E-state index contributed by atoms with van der Waals surface area (Å²) in [7, 11) is 7.34. The Morgan fingerprint density at radius 2 is 1.61 bits per heavy atom. The van der Waals surface area contributed by atoms with E-state index in [9.17, 15) is 0 Å². The summed E-state index contributed by atoms with van der Waals surface area (Å²) in [5, 5.41) is 3.16. The van der Waals surface area contributed by atoms with Crippen LogP contribution in [0, 0.1) is 0 Å². The first kappa shape index (κ1) is 23.9. The van der Waals surface area contributed by atoms with Crippen LogP contribution in [0.2, 0.25) is 0 Å². The van der Waals surface area contributed by atoms with E-state index < -0.39 is 0 Å². The number of halogens is 1. The number of nitrogens with zero attached hydrogens (tertiary/aromatic N) is 2. The lowest BCUT2D eigenvalue weighted by Gasteiger charge is -2.12. The number of anilines is 1. The minimum absolute atomic E-state index is 0. The summed E-state index contributed by atoms with van der Waals surface area (Å²) in [4.78, 5) is 6.48. The van der Waals surface area contributed by atoms with Gasteiger partial charge in [-0.2, -0.15) is 0 Å². The first-order chi connectivity index (χ1) is 13.0. The maximum Gasteiger partial charge on any atom is 0.188 e. The van der Waals surface area contributed by atoms with Gasteiger partial charge in [-0.25, -0.2) is 0 Å². The zero-order valence-electron chi connectivity index (χ0n) is 17.1. The van der Waals surface area contributed by atoms with Crippen molar-refractivity contribution in [3.63, 3.8) is 0 Å². The lowest BCUT2D eigenvalue weighted by atomic mass is 10.1. The van der Waals surface area contributed by atoms with E-state index in [1.807, 2.05) is 32.3 Å². The standard InChI is InChI=1S/C21H30N4O2.HI/c1-25(2)18-8-5-16(6-9-18)11-13-23-21(22)24-14-12-17-7-10-19(26-3)20(15-17)27-4;/h5-10,15H,11-14H2,1-4H3,(H3,22,23,24);1H. The first-order valence-corrected chi connectivity index (χ1v) is 9.04. The molecule has 0 saturated heterocycles. The Balaban J connectivity index is 0.00000392. The quantitative estimate of drug-likeness (QED) is 0.316. The van der Waals surface area contributed by atoms with E-state index >= 15 is 0 Å². The van der Waals surface area contributed by atoms with Gasteiger partial charge in [0.25, 0.3) is 0 Å². The van der Waals surface area contributed by atoms with Gasteiger partial charge in [-0.3, -0.25) is 4.99 Å². The minimum Gasteiger partial charge on any atom is -0.493 e. The normalized spacial score (nSPS) is 10.8. The first-order valence-electron chi connectivity index (χ1n) is 9.04.